The Labute approximate surface area is 128 Å². The molecular formula is C14H10N2O7. The Balaban J connectivity index is 2.36. The molecule has 2 aromatic rings. The average Bonchev–Trinajstić information content (AvgIpc) is 2.83. The molecule has 118 valence electrons. The third kappa shape index (κ3) is 2.09. The highest BCUT2D eigenvalue weighted by atomic mass is 16.5. The van der Waals surface area contributed by atoms with Gasteiger partial charge in [-0.1, -0.05) is 0 Å². The van der Waals surface area contributed by atoms with Crippen molar-refractivity contribution in [3.05, 3.63) is 40.3 Å². The Morgan fingerprint density at radius 1 is 1.00 bits per heavy atom. The van der Waals surface area contributed by atoms with Crippen molar-refractivity contribution < 1.29 is 34.9 Å². The monoisotopic (exact) mass is 318 g/mol. The Hall–Kier alpha value is -3.36. The van der Waals surface area contributed by atoms with Crippen molar-refractivity contribution in [1.82, 2.24) is 9.71 Å². The van der Waals surface area contributed by atoms with Gasteiger partial charge in [-0.3, -0.25) is 0 Å². The molecule has 0 unspecified atom stereocenters. The van der Waals surface area contributed by atoms with Gasteiger partial charge in [0.05, 0.1) is 17.0 Å². The quantitative estimate of drug-likeness (QED) is 0.611. The Morgan fingerprint density at radius 2 is 1.70 bits per heavy atom. The van der Waals surface area contributed by atoms with Crippen molar-refractivity contribution >= 4 is 17.9 Å². The number of hydrogen-bond acceptors (Lipinski definition) is 5. The molecule has 9 heteroatoms. The number of aromatic nitrogens is 2. The summed E-state index contributed by atoms with van der Waals surface area (Å²) in [5.74, 6) is -4.13. The Bertz CT molecular complexity index is 882. The van der Waals surface area contributed by atoms with Crippen LogP contribution in [0.4, 0.5) is 0 Å². The van der Waals surface area contributed by atoms with Gasteiger partial charge in [-0.2, -0.15) is 4.73 Å². The van der Waals surface area contributed by atoms with Crippen LogP contribution in [0.1, 0.15) is 42.6 Å². The van der Waals surface area contributed by atoms with Crippen molar-refractivity contribution in [1.29, 1.82) is 0 Å². The molecule has 4 N–H and O–H groups in total. The number of aromatic carboxylic acids is 3. The summed E-state index contributed by atoms with van der Waals surface area (Å²) < 4.78 is 0.407. The van der Waals surface area contributed by atoms with Crippen LogP contribution in [0.15, 0.2) is 12.1 Å². The van der Waals surface area contributed by atoms with E-state index in [0.29, 0.717) is 16.7 Å². The number of fused-ring (bicyclic) bond motifs is 3. The molecule has 0 aromatic carbocycles. The zero-order valence-corrected chi connectivity index (χ0v) is 11.5. The van der Waals surface area contributed by atoms with Crippen LogP contribution in [-0.2, 0) is 12.8 Å². The zero-order valence-electron chi connectivity index (χ0n) is 11.5. The predicted molar refractivity (Wildman–Crippen MR) is 73.1 cm³/mol. The highest BCUT2D eigenvalue weighted by molar-refractivity contribution is 6.00. The molecule has 23 heavy (non-hydrogen) atoms. The molecule has 2 heterocycles. The first-order chi connectivity index (χ1) is 10.8. The number of rotatable bonds is 3. The number of nitrogens with zero attached hydrogens (tertiary/aromatic N) is 2. The molecule has 0 saturated carbocycles. The molecule has 3 rings (SSSR count). The van der Waals surface area contributed by atoms with E-state index in [1.165, 1.54) is 6.07 Å². The zero-order chi connectivity index (χ0) is 16.9. The second-order valence-corrected chi connectivity index (χ2v) is 5.01. The van der Waals surface area contributed by atoms with Gasteiger partial charge in [0.25, 0.3) is 0 Å². The minimum atomic E-state index is -1.39. The van der Waals surface area contributed by atoms with Gasteiger partial charge < -0.3 is 20.5 Å². The maximum Gasteiger partial charge on any atom is 0.356 e. The van der Waals surface area contributed by atoms with Crippen LogP contribution >= 0.6 is 0 Å². The first-order valence-corrected chi connectivity index (χ1v) is 6.49. The third-order valence-electron chi connectivity index (χ3n) is 3.69. The van der Waals surface area contributed by atoms with Crippen molar-refractivity contribution in [2.75, 3.05) is 0 Å². The molecule has 0 fully saturated rings. The molecule has 0 amide bonds. The van der Waals surface area contributed by atoms with Gasteiger partial charge in [0.1, 0.15) is 5.69 Å². The molecule has 2 aromatic heterocycles. The van der Waals surface area contributed by atoms with Crippen LogP contribution in [0.3, 0.4) is 0 Å². The predicted octanol–water partition coefficient (Wildman–Crippen LogP) is 0.981. The van der Waals surface area contributed by atoms with E-state index in [1.54, 1.807) is 0 Å². The fourth-order valence-corrected chi connectivity index (χ4v) is 2.73. The molecule has 0 spiro atoms. The molecule has 0 aliphatic heterocycles. The summed E-state index contributed by atoms with van der Waals surface area (Å²) in [7, 11) is 0. The topological polar surface area (TPSA) is 150 Å². The van der Waals surface area contributed by atoms with Crippen LogP contribution in [0.5, 0.6) is 0 Å². The van der Waals surface area contributed by atoms with Crippen LogP contribution in [0.25, 0.3) is 11.3 Å². The van der Waals surface area contributed by atoms with Gasteiger partial charge >= 0.3 is 17.9 Å². The number of carboxylic acids is 3. The molecule has 1 aliphatic carbocycles. The van der Waals surface area contributed by atoms with E-state index < -0.39 is 29.3 Å². The fourth-order valence-electron chi connectivity index (χ4n) is 2.73. The Morgan fingerprint density at radius 3 is 2.26 bits per heavy atom. The highest BCUT2D eigenvalue weighted by Gasteiger charge is 2.31. The first kappa shape index (κ1) is 14.6. The minimum absolute atomic E-state index is 0.0190. The fraction of sp³-hybridized carbons (Fsp3) is 0.143. The van der Waals surface area contributed by atoms with Gasteiger partial charge in [0.15, 0.2) is 5.69 Å². The van der Waals surface area contributed by atoms with Gasteiger partial charge in [-0.25, -0.2) is 19.4 Å². The van der Waals surface area contributed by atoms with Gasteiger partial charge in [-0.05, 0) is 30.5 Å². The summed E-state index contributed by atoms with van der Waals surface area (Å²) >= 11 is 0. The second-order valence-electron chi connectivity index (χ2n) is 5.01. The second kappa shape index (κ2) is 4.83. The number of carbonyl (C=O) groups is 3. The Kier molecular flexibility index (Phi) is 3.06. The molecule has 1 aliphatic rings. The van der Waals surface area contributed by atoms with Crippen LogP contribution in [-0.4, -0.2) is 48.1 Å². The third-order valence-corrected chi connectivity index (χ3v) is 3.69. The van der Waals surface area contributed by atoms with E-state index in [2.05, 4.69) is 4.98 Å². The van der Waals surface area contributed by atoms with Gasteiger partial charge in [-0.15, -0.1) is 0 Å². The van der Waals surface area contributed by atoms with Gasteiger partial charge in [0, 0.05) is 5.56 Å². The standard InChI is InChI=1S/C14H10N2O7/c17-12(18)6-4-8(13(19)20)15-7-2-1-5-3-9(14(21)22)16(23)11(5)10(6)7/h3-4,23H,1-2H2,(H,17,18)(H,19,20)(H,21,22). The van der Waals surface area contributed by atoms with E-state index in [4.69, 9.17) is 10.2 Å². The largest absolute Gasteiger partial charge is 0.478 e. The van der Waals surface area contributed by atoms with Gasteiger partial charge in [0.2, 0.25) is 0 Å². The number of carboxylic acid groups (broad SMARTS) is 3. The van der Waals surface area contributed by atoms with Crippen LogP contribution in [0.2, 0.25) is 0 Å². The van der Waals surface area contributed by atoms with E-state index in [-0.39, 0.29) is 28.9 Å². The maximum absolute atomic E-state index is 11.5. The number of hydrogen-bond donors (Lipinski definition) is 4. The normalized spacial score (nSPS) is 12.3. The lowest BCUT2D eigenvalue weighted by atomic mass is 9.90. The van der Waals surface area contributed by atoms with Crippen molar-refractivity contribution in [3.8, 4) is 11.3 Å². The van der Waals surface area contributed by atoms with E-state index in [1.807, 2.05) is 0 Å². The summed E-state index contributed by atoms with van der Waals surface area (Å²) in [6, 6.07) is 2.16. The summed E-state index contributed by atoms with van der Waals surface area (Å²) in [6.45, 7) is 0. The van der Waals surface area contributed by atoms with E-state index in [0.717, 1.165) is 6.07 Å². The number of aryl methyl sites for hydroxylation is 2. The molecular weight excluding hydrogens is 308 g/mol. The number of pyridine rings is 1. The summed E-state index contributed by atoms with van der Waals surface area (Å²) in [5.41, 5.74) is -0.451. The van der Waals surface area contributed by atoms with Crippen molar-refractivity contribution in [2.45, 2.75) is 12.8 Å². The highest BCUT2D eigenvalue weighted by Crippen LogP contribution is 2.37. The smallest absolute Gasteiger partial charge is 0.356 e. The maximum atomic E-state index is 11.5. The SMILES string of the molecule is O=C(O)c1cc(C(=O)O)c2c(n1)CCc1cc(C(=O)O)n(O)c1-2. The molecule has 0 radical (unpaired) electrons. The molecule has 0 saturated heterocycles. The van der Waals surface area contributed by atoms with Crippen molar-refractivity contribution in [3.63, 3.8) is 0 Å². The lowest BCUT2D eigenvalue weighted by Crippen LogP contribution is -2.17. The summed E-state index contributed by atoms with van der Waals surface area (Å²) in [5, 5.41) is 37.5. The minimum Gasteiger partial charge on any atom is -0.478 e. The van der Waals surface area contributed by atoms with E-state index >= 15 is 0 Å². The summed E-state index contributed by atoms with van der Waals surface area (Å²) in [6.07, 6.45) is 0.554. The molecule has 9 nitrogen and oxygen atoms in total. The average molecular weight is 318 g/mol. The van der Waals surface area contributed by atoms with E-state index in [9.17, 15) is 24.7 Å². The van der Waals surface area contributed by atoms with Crippen LogP contribution in [0, 0.1) is 0 Å². The van der Waals surface area contributed by atoms with Crippen molar-refractivity contribution in [2.24, 2.45) is 0 Å². The first-order valence-electron chi connectivity index (χ1n) is 6.49. The molecule has 0 atom stereocenters. The molecule has 0 bridgehead atoms. The van der Waals surface area contributed by atoms with Crippen LogP contribution < -0.4 is 0 Å². The lowest BCUT2D eigenvalue weighted by molar-refractivity contribution is 0.0643. The lowest BCUT2D eigenvalue weighted by Gasteiger charge is -2.19. The summed E-state index contributed by atoms with van der Waals surface area (Å²) in [4.78, 5) is 37.6.